The highest BCUT2D eigenvalue weighted by atomic mass is 35.5. The number of nitrogens with one attached hydrogen (secondary N) is 1. The average Bonchev–Trinajstić information content (AvgIpc) is 2.70. The number of nitriles is 1. The number of aryl methyl sites for hydroxylation is 1. The molecule has 0 spiro atoms. The molecule has 0 radical (unpaired) electrons. The van der Waals surface area contributed by atoms with E-state index in [0.717, 1.165) is 4.68 Å². The number of nitrogens with zero attached hydrogens (tertiary/aromatic N) is 4. The number of ketones is 1. The minimum atomic E-state index is -1.56. The predicted octanol–water partition coefficient (Wildman–Crippen LogP) is 2.84. The summed E-state index contributed by atoms with van der Waals surface area (Å²) < 4.78 is 1.03. The molecule has 29 heavy (non-hydrogen) atoms. The van der Waals surface area contributed by atoms with Crippen molar-refractivity contribution < 1.29 is 9.59 Å². The summed E-state index contributed by atoms with van der Waals surface area (Å²) in [4.78, 5) is 37.1. The fraction of sp³-hybridized carbons (Fsp3) is 0.158. The van der Waals surface area contributed by atoms with Crippen LogP contribution in [0.5, 0.6) is 0 Å². The lowest BCUT2D eigenvalue weighted by Crippen LogP contribution is -2.31. The molecule has 0 aliphatic heterocycles. The highest BCUT2D eigenvalue weighted by molar-refractivity contribution is 6.36. The maximum Gasteiger partial charge on any atom is 0.277 e. The zero-order chi connectivity index (χ0) is 21.0. The zero-order valence-electron chi connectivity index (χ0n) is 14.8. The van der Waals surface area contributed by atoms with Crippen molar-refractivity contribution in [1.29, 1.82) is 5.26 Å². The Morgan fingerprint density at radius 3 is 2.69 bits per heavy atom. The van der Waals surface area contributed by atoms with E-state index >= 15 is 0 Å². The number of Topliss-reactive ketones (excluding diaryl/α,β-unsaturated/α-hetero) is 1. The Labute approximate surface area is 174 Å². The standard InChI is InChI=1S/C19H13Cl2N5O3/c20-11-5-6-16(14(21)9-11)23-18(28)13(10-22)17(27)7-8-26-19(29)12-3-1-2-4-15(12)24-25-26/h1-6,9,13H,7-8H2,(H,23,28). The van der Waals surface area contributed by atoms with Crippen molar-refractivity contribution in [1.82, 2.24) is 15.0 Å². The molecule has 0 aliphatic rings. The Kier molecular flexibility index (Phi) is 6.22. The van der Waals surface area contributed by atoms with E-state index < -0.39 is 23.2 Å². The van der Waals surface area contributed by atoms with Gasteiger partial charge >= 0.3 is 0 Å². The summed E-state index contributed by atoms with van der Waals surface area (Å²) in [5.74, 6) is -3.04. The largest absolute Gasteiger partial charge is 0.323 e. The molecule has 2 aromatic carbocycles. The molecule has 0 bridgehead atoms. The Morgan fingerprint density at radius 1 is 1.21 bits per heavy atom. The van der Waals surface area contributed by atoms with Crippen molar-refractivity contribution in [2.24, 2.45) is 5.92 Å². The molecular formula is C19H13Cl2N5O3. The summed E-state index contributed by atoms with van der Waals surface area (Å²) in [6.07, 6.45) is -0.243. The van der Waals surface area contributed by atoms with Crippen LogP contribution in [-0.4, -0.2) is 26.7 Å². The number of carbonyl (C=O) groups excluding carboxylic acids is 2. The van der Waals surface area contributed by atoms with E-state index in [0.29, 0.717) is 15.9 Å². The number of hydrogen-bond donors (Lipinski definition) is 1. The molecule has 1 aromatic heterocycles. The fourth-order valence-electron chi connectivity index (χ4n) is 2.60. The van der Waals surface area contributed by atoms with Gasteiger partial charge in [0.15, 0.2) is 11.7 Å². The first kappa shape index (κ1) is 20.5. The molecular weight excluding hydrogens is 417 g/mol. The summed E-state index contributed by atoms with van der Waals surface area (Å²) in [5, 5.41) is 20.3. The second-order valence-electron chi connectivity index (χ2n) is 6.03. The third-order valence-electron chi connectivity index (χ3n) is 4.10. The van der Waals surface area contributed by atoms with Gasteiger partial charge in [0.2, 0.25) is 5.91 Å². The van der Waals surface area contributed by atoms with Crippen molar-refractivity contribution >= 4 is 51.5 Å². The Balaban J connectivity index is 1.70. The van der Waals surface area contributed by atoms with Crippen LogP contribution in [0.3, 0.4) is 0 Å². The number of amides is 1. The minimum absolute atomic E-state index is 0.108. The van der Waals surface area contributed by atoms with Gasteiger partial charge in [0.05, 0.1) is 28.7 Å². The van der Waals surface area contributed by atoms with Crippen LogP contribution in [0.25, 0.3) is 10.9 Å². The van der Waals surface area contributed by atoms with E-state index in [9.17, 15) is 19.6 Å². The van der Waals surface area contributed by atoms with Gasteiger partial charge < -0.3 is 5.32 Å². The zero-order valence-corrected chi connectivity index (χ0v) is 16.3. The topological polar surface area (TPSA) is 118 Å². The maximum absolute atomic E-state index is 12.4. The molecule has 0 fully saturated rings. The maximum atomic E-state index is 12.4. The quantitative estimate of drug-likeness (QED) is 0.601. The van der Waals surface area contributed by atoms with E-state index in [1.54, 1.807) is 30.3 Å². The number of anilines is 1. The number of rotatable bonds is 6. The second kappa shape index (κ2) is 8.82. The van der Waals surface area contributed by atoms with Crippen molar-refractivity contribution in [3.63, 3.8) is 0 Å². The van der Waals surface area contributed by atoms with E-state index in [4.69, 9.17) is 23.2 Å². The third kappa shape index (κ3) is 4.59. The fourth-order valence-corrected chi connectivity index (χ4v) is 3.06. The number of hydrogen-bond acceptors (Lipinski definition) is 6. The highest BCUT2D eigenvalue weighted by Crippen LogP contribution is 2.25. The third-order valence-corrected chi connectivity index (χ3v) is 4.65. The van der Waals surface area contributed by atoms with Gasteiger partial charge in [-0.2, -0.15) is 5.26 Å². The van der Waals surface area contributed by atoms with Gasteiger partial charge in [0, 0.05) is 11.4 Å². The van der Waals surface area contributed by atoms with Crippen LogP contribution in [0.4, 0.5) is 5.69 Å². The summed E-state index contributed by atoms with van der Waals surface area (Å²) >= 11 is 11.8. The van der Waals surface area contributed by atoms with Gasteiger partial charge in [-0.3, -0.25) is 14.4 Å². The van der Waals surface area contributed by atoms with Gasteiger partial charge in [-0.25, -0.2) is 4.68 Å². The van der Waals surface area contributed by atoms with Crippen LogP contribution in [0.2, 0.25) is 10.0 Å². The summed E-state index contributed by atoms with van der Waals surface area (Å²) in [6, 6.07) is 12.8. The molecule has 1 N–H and O–H groups in total. The number of aromatic nitrogens is 3. The molecule has 3 aromatic rings. The molecule has 8 nitrogen and oxygen atoms in total. The Hall–Kier alpha value is -3.28. The van der Waals surface area contributed by atoms with Crippen LogP contribution < -0.4 is 10.9 Å². The molecule has 1 heterocycles. The molecule has 1 atom stereocenters. The van der Waals surface area contributed by atoms with Gasteiger partial charge in [0.1, 0.15) is 5.52 Å². The lowest BCUT2D eigenvalue weighted by molar-refractivity contribution is -0.129. The summed E-state index contributed by atoms with van der Waals surface area (Å²) in [7, 11) is 0. The van der Waals surface area contributed by atoms with E-state index in [-0.39, 0.29) is 23.7 Å². The van der Waals surface area contributed by atoms with E-state index in [2.05, 4.69) is 15.6 Å². The number of halogens is 2. The SMILES string of the molecule is N#CC(C(=O)CCn1nnc2ccccc2c1=O)C(=O)Nc1ccc(Cl)cc1Cl. The normalized spacial score (nSPS) is 11.6. The number of fused-ring (bicyclic) bond motifs is 1. The van der Waals surface area contributed by atoms with Crippen molar-refractivity contribution in [3.8, 4) is 6.07 Å². The molecule has 0 saturated carbocycles. The van der Waals surface area contributed by atoms with Gasteiger partial charge in [-0.1, -0.05) is 40.5 Å². The first-order chi connectivity index (χ1) is 13.9. The van der Waals surface area contributed by atoms with Crippen molar-refractivity contribution in [3.05, 3.63) is 62.9 Å². The average molecular weight is 430 g/mol. The van der Waals surface area contributed by atoms with Gasteiger partial charge in [-0.05, 0) is 30.3 Å². The Morgan fingerprint density at radius 2 is 1.97 bits per heavy atom. The molecule has 1 amide bonds. The smallest absolute Gasteiger partial charge is 0.277 e. The Bertz CT molecular complexity index is 1200. The first-order valence-electron chi connectivity index (χ1n) is 8.41. The van der Waals surface area contributed by atoms with Crippen molar-refractivity contribution in [2.75, 3.05) is 5.32 Å². The monoisotopic (exact) mass is 429 g/mol. The molecule has 1 unspecified atom stereocenters. The molecule has 3 rings (SSSR count). The molecule has 0 saturated heterocycles. The lowest BCUT2D eigenvalue weighted by Gasteiger charge is -2.11. The molecule has 10 heteroatoms. The summed E-state index contributed by atoms with van der Waals surface area (Å²) in [5.41, 5.74) is 0.259. The number of carbonyl (C=O) groups is 2. The van der Waals surface area contributed by atoms with Crippen LogP contribution >= 0.6 is 23.2 Å². The predicted molar refractivity (Wildman–Crippen MR) is 108 cm³/mol. The van der Waals surface area contributed by atoms with E-state index in [1.165, 1.54) is 18.2 Å². The lowest BCUT2D eigenvalue weighted by atomic mass is 10.0. The minimum Gasteiger partial charge on any atom is -0.323 e. The van der Waals surface area contributed by atoms with Crippen LogP contribution in [0, 0.1) is 17.2 Å². The number of benzene rings is 2. The highest BCUT2D eigenvalue weighted by Gasteiger charge is 2.27. The van der Waals surface area contributed by atoms with Crippen LogP contribution in [0.15, 0.2) is 47.3 Å². The van der Waals surface area contributed by atoms with Crippen molar-refractivity contribution in [2.45, 2.75) is 13.0 Å². The van der Waals surface area contributed by atoms with Crippen LogP contribution in [0.1, 0.15) is 6.42 Å². The van der Waals surface area contributed by atoms with E-state index in [1.807, 2.05) is 0 Å². The molecule has 0 aliphatic carbocycles. The van der Waals surface area contributed by atoms with Gasteiger partial charge in [-0.15, -0.1) is 5.10 Å². The summed E-state index contributed by atoms with van der Waals surface area (Å²) in [6.45, 7) is -0.108. The second-order valence-corrected chi connectivity index (χ2v) is 6.87. The van der Waals surface area contributed by atoms with Crippen LogP contribution in [-0.2, 0) is 16.1 Å². The molecule has 146 valence electrons. The van der Waals surface area contributed by atoms with Gasteiger partial charge in [0.25, 0.3) is 5.56 Å². The first-order valence-corrected chi connectivity index (χ1v) is 9.17.